The van der Waals surface area contributed by atoms with Gasteiger partial charge in [0.25, 0.3) is 0 Å². The fourth-order valence-corrected chi connectivity index (χ4v) is 4.79. The predicted octanol–water partition coefficient (Wildman–Crippen LogP) is 4.72. The summed E-state index contributed by atoms with van der Waals surface area (Å²) in [5.41, 5.74) is 0. The Kier molecular flexibility index (Phi) is 5.00. The van der Waals surface area contributed by atoms with Crippen molar-refractivity contribution in [1.29, 1.82) is 0 Å². The fraction of sp³-hybridized carbons (Fsp3) is 0.455. The highest BCUT2D eigenvalue weighted by Gasteiger charge is 2.11. The van der Waals surface area contributed by atoms with Crippen LogP contribution >= 0.6 is 34.4 Å². The first-order valence-corrected chi connectivity index (χ1v) is 10.6. The highest BCUT2D eigenvalue weighted by molar-refractivity contribution is 14.1. The van der Waals surface area contributed by atoms with Crippen LogP contribution < -0.4 is 0 Å². The van der Waals surface area contributed by atoms with Crippen LogP contribution in [0.2, 0.25) is 25.7 Å². The van der Waals surface area contributed by atoms with Gasteiger partial charge in [-0.25, -0.2) is 0 Å². The first-order valence-electron chi connectivity index (χ1n) is 4.86. The summed E-state index contributed by atoms with van der Waals surface area (Å²) in [6.45, 7) is 7.30. The van der Waals surface area contributed by atoms with E-state index in [1.807, 2.05) is 11.8 Å². The number of halogens is 1. The monoisotopic (exact) mass is 336 g/mol. The van der Waals surface area contributed by atoms with Crippen molar-refractivity contribution in [3.63, 3.8) is 0 Å². The molecule has 1 rings (SSSR count). The van der Waals surface area contributed by atoms with Crippen LogP contribution in [-0.2, 0) is 0 Å². The normalized spacial score (nSPS) is 11.7. The first-order chi connectivity index (χ1) is 6.47. The fourth-order valence-electron chi connectivity index (χ4n) is 1.01. The number of hydrogen-bond donors (Lipinski definition) is 0. The van der Waals surface area contributed by atoms with Gasteiger partial charge in [-0.3, -0.25) is 0 Å². The Morgan fingerprint density at radius 2 is 1.71 bits per heavy atom. The van der Waals surface area contributed by atoms with Gasteiger partial charge in [-0.15, -0.1) is 11.8 Å². The summed E-state index contributed by atoms with van der Waals surface area (Å²) in [7, 11) is -0.844. The van der Waals surface area contributed by atoms with E-state index in [9.17, 15) is 0 Å². The Balaban J connectivity index is 2.35. The Bertz CT molecular complexity index is 276. The van der Waals surface area contributed by atoms with E-state index in [-0.39, 0.29) is 0 Å². The molecule has 0 N–H and O–H groups in total. The molecule has 0 unspecified atom stereocenters. The van der Waals surface area contributed by atoms with Crippen LogP contribution in [0, 0.1) is 3.57 Å². The summed E-state index contributed by atoms with van der Waals surface area (Å²) in [5.74, 6) is 1.27. The number of thioether (sulfide) groups is 1. The molecule has 1 aromatic carbocycles. The van der Waals surface area contributed by atoms with E-state index >= 15 is 0 Å². The van der Waals surface area contributed by atoms with Gasteiger partial charge in [-0.05, 0) is 58.7 Å². The average Bonchev–Trinajstić information content (AvgIpc) is 2.06. The maximum Gasteiger partial charge on any atom is 0.0450 e. The van der Waals surface area contributed by atoms with Crippen molar-refractivity contribution in [3.05, 3.63) is 27.8 Å². The first kappa shape index (κ1) is 12.6. The van der Waals surface area contributed by atoms with Crippen molar-refractivity contribution < 1.29 is 0 Å². The molecule has 0 aliphatic carbocycles. The molecule has 1 aromatic rings. The van der Waals surface area contributed by atoms with E-state index in [1.54, 1.807) is 0 Å². The summed E-state index contributed by atoms with van der Waals surface area (Å²) in [6.07, 6.45) is 0. The van der Waals surface area contributed by atoms with Crippen molar-refractivity contribution in [2.24, 2.45) is 0 Å². The molecule has 0 spiro atoms. The molecule has 0 nitrogen and oxygen atoms in total. The lowest BCUT2D eigenvalue weighted by Gasteiger charge is -2.14. The molecule has 78 valence electrons. The second-order valence-corrected chi connectivity index (χ2v) is 12.6. The Hall–Kier alpha value is 0.517. The van der Waals surface area contributed by atoms with Crippen molar-refractivity contribution in [2.45, 2.75) is 30.6 Å². The second kappa shape index (κ2) is 5.56. The zero-order chi connectivity index (χ0) is 10.6. The van der Waals surface area contributed by atoms with Crippen molar-refractivity contribution in [3.8, 4) is 0 Å². The highest BCUT2D eigenvalue weighted by atomic mass is 127. The molecule has 3 heteroatoms. The van der Waals surface area contributed by atoms with Gasteiger partial charge < -0.3 is 0 Å². The quantitative estimate of drug-likeness (QED) is 0.435. The van der Waals surface area contributed by atoms with E-state index in [1.165, 1.54) is 20.3 Å². The third-order valence-corrected chi connectivity index (χ3v) is 5.78. The summed E-state index contributed by atoms with van der Waals surface area (Å²) in [6, 6.07) is 10.2. The van der Waals surface area contributed by atoms with Gasteiger partial charge in [0.05, 0.1) is 0 Å². The minimum Gasteiger partial charge on any atom is -0.126 e. The largest absolute Gasteiger partial charge is 0.126 e. The molecule has 0 heterocycles. The highest BCUT2D eigenvalue weighted by Crippen LogP contribution is 2.22. The number of benzene rings is 1. The van der Waals surface area contributed by atoms with Crippen LogP contribution in [0.15, 0.2) is 29.2 Å². The lowest BCUT2D eigenvalue weighted by molar-refractivity contribution is 1.35. The average molecular weight is 336 g/mol. The zero-order valence-electron chi connectivity index (χ0n) is 9.01. The molecule has 14 heavy (non-hydrogen) atoms. The van der Waals surface area contributed by atoms with Crippen molar-refractivity contribution >= 4 is 42.4 Å². The Morgan fingerprint density at radius 1 is 1.14 bits per heavy atom. The number of hydrogen-bond acceptors (Lipinski definition) is 1. The van der Waals surface area contributed by atoms with Crippen molar-refractivity contribution in [1.82, 2.24) is 0 Å². The molecule has 0 aromatic heterocycles. The minimum atomic E-state index is -0.844. The van der Waals surface area contributed by atoms with Crippen LogP contribution in [0.1, 0.15) is 0 Å². The maximum absolute atomic E-state index is 2.43. The van der Waals surface area contributed by atoms with E-state index in [0.29, 0.717) is 0 Å². The molecule has 0 radical (unpaired) electrons. The third kappa shape index (κ3) is 5.41. The second-order valence-electron chi connectivity index (χ2n) is 4.61. The van der Waals surface area contributed by atoms with Gasteiger partial charge >= 0.3 is 0 Å². The van der Waals surface area contributed by atoms with E-state index in [4.69, 9.17) is 0 Å². The number of rotatable bonds is 4. The molecule has 0 aliphatic rings. The van der Waals surface area contributed by atoms with Gasteiger partial charge in [0.2, 0.25) is 0 Å². The molecule has 0 aliphatic heterocycles. The maximum atomic E-state index is 2.43. The molecular weight excluding hydrogens is 319 g/mol. The van der Waals surface area contributed by atoms with Gasteiger partial charge in [-0.2, -0.15) is 0 Å². The van der Waals surface area contributed by atoms with Gasteiger partial charge in [0.1, 0.15) is 0 Å². The van der Waals surface area contributed by atoms with Gasteiger partial charge in [0.15, 0.2) is 0 Å². The van der Waals surface area contributed by atoms with E-state index in [0.717, 1.165) is 0 Å². The molecule has 0 amide bonds. The molecular formula is C11H17ISSi. The third-order valence-electron chi connectivity index (χ3n) is 1.93. The molecule has 0 fully saturated rings. The minimum absolute atomic E-state index is 0.844. The van der Waals surface area contributed by atoms with Gasteiger partial charge in [0, 0.05) is 16.5 Å². The van der Waals surface area contributed by atoms with Crippen molar-refractivity contribution in [2.75, 3.05) is 5.75 Å². The topological polar surface area (TPSA) is 0 Å². The van der Waals surface area contributed by atoms with Crippen LogP contribution in [-0.4, -0.2) is 13.8 Å². The van der Waals surface area contributed by atoms with Crippen LogP contribution in [0.3, 0.4) is 0 Å². The summed E-state index contributed by atoms with van der Waals surface area (Å²) in [5, 5.41) is 0. The molecule has 0 atom stereocenters. The van der Waals surface area contributed by atoms with E-state index < -0.39 is 8.07 Å². The summed E-state index contributed by atoms with van der Waals surface area (Å²) < 4.78 is 1.32. The Labute approximate surface area is 106 Å². The van der Waals surface area contributed by atoms with Gasteiger partial charge in [-0.1, -0.05) is 19.6 Å². The Morgan fingerprint density at radius 3 is 2.21 bits per heavy atom. The van der Waals surface area contributed by atoms with Crippen LogP contribution in [0.25, 0.3) is 0 Å². The predicted molar refractivity (Wildman–Crippen MR) is 78.0 cm³/mol. The summed E-state index contributed by atoms with van der Waals surface area (Å²) in [4.78, 5) is 1.41. The standard InChI is InChI=1S/C11H17ISSi/c1-14(2,3)9-8-13-11-6-4-10(12)5-7-11/h4-7H,8-9H2,1-3H3. The lowest BCUT2D eigenvalue weighted by atomic mass is 10.4. The smallest absolute Gasteiger partial charge is 0.0450 e. The lowest BCUT2D eigenvalue weighted by Crippen LogP contribution is -2.19. The summed E-state index contributed by atoms with van der Waals surface area (Å²) >= 11 is 4.33. The van der Waals surface area contributed by atoms with Crippen LogP contribution in [0.4, 0.5) is 0 Å². The van der Waals surface area contributed by atoms with Crippen LogP contribution in [0.5, 0.6) is 0 Å². The molecule has 0 saturated heterocycles. The molecule has 0 bridgehead atoms. The van der Waals surface area contributed by atoms with E-state index in [2.05, 4.69) is 66.5 Å². The molecule has 0 saturated carbocycles. The zero-order valence-corrected chi connectivity index (χ0v) is 13.0. The SMILES string of the molecule is C[Si](C)(C)CCSc1ccc(I)cc1.